The molecule has 1 rings (SSSR count). The Hall–Kier alpha value is -0.520. The topological polar surface area (TPSA) is 50.5 Å². The standard InChI is InChI=1S/C12H20ClNO3S/c1-4-6-7-14(5-2)18(15,16)12-8-11(9-13)17-10(12)3/h8H,4-7,9H2,1-3H3. The first-order valence-corrected chi connectivity index (χ1v) is 8.10. The number of nitrogens with zero attached hydrogens (tertiary/aromatic N) is 1. The second-order valence-corrected chi connectivity index (χ2v) is 6.29. The van der Waals surface area contributed by atoms with Gasteiger partial charge in [0.1, 0.15) is 16.4 Å². The zero-order valence-electron chi connectivity index (χ0n) is 11.1. The van der Waals surface area contributed by atoms with E-state index in [9.17, 15) is 8.42 Å². The summed E-state index contributed by atoms with van der Waals surface area (Å²) < 4.78 is 31.7. The third kappa shape index (κ3) is 3.28. The molecule has 104 valence electrons. The third-order valence-electron chi connectivity index (χ3n) is 2.79. The monoisotopic (exact) mass is 293 g/mol. The van der Waals surface area contributed by atoms with Gasteiger partial charge in [-0.2, -0.15) is 4.31 Å². The number of alkyl halides is 1. The Kier molecular flexibility index (Phi) is 5.69. The molecule has 0 amide bonds. The highest BCUT2D eigenvalue weighted by Crippen LogP contribution is 2.24. The van der Waals surface area contributed by atoms with Crippen molar-refractivity contribution in [3.8, 4) is 0 Å². The Bertz CT molecular complexity index is 482. The summed E-state index contributed by atoms with van der Waals surface area (Å²) in [7, 11) is -3.46. The van der Waals surface area contributed by atoms with Crippen molar-refractivity contribution in [2.24, 2.45) is 0 Å². The fourth-order valence-corrected chi connectivity index (χ4v) is 3.57. The van der Waals surface area contributed by atoms with E-state index in [1.807, 2.05) is 13.8 Å². The van der Waals surface area contributed by atoms with E-state index in [0.29, 0.717) is 24.6 Å². The van der Waals surface area contributed by atoms with Gasteiger partial charge in [0.2, 0.25) is 10.0 Å². The molecule has 0 aliphatic carbocycles. The van der Waals surface area contributed by atoms with Gasteiger partial charge in [-0.15, -0.1) is 11.6 Å². The Labute approximate surface area is 114 Å². The smallest absolute Gasteiger partial charge is 0.246 e. The zero-order chi connectivity index (χ0) is 13.8. The fourth-order valence-electron chi connectivity index (χ4n) is 1.77. The number of sulfonamides is 1. The molecule has 1 heterocycles. The minimum absolute atomic E-state index is 0.178. The van der Waals surface area contributed by atoms with Gasteiger partial charge in [0, 0.05) is 19.2 Å². The molecule has 0 aliphatic heterocycles. The molecule has 1 aromatic heterocycles. The van der Waals surface area contributed by atoms with Crippen LogP contribution in [0.2, 0.25) is 0 Å². The van der Waals surface area contributed by atoms with E-state index < -0.39 is 10.0 Å². The lowest BCUT2D eigenvalue weighted by molar-refractivity contribution is 0.416. The highest BCUT2D eigenvalue weighted by molar-refractivity contribution is 7.89. The minimum Gasteiger partial charge on any atom is -0.464 e. The number of hydrogen-bond donors (Lipinski definition) is 0. The summed E-state index contributed by atoms with van der Waals surface area (Å²) in [5, 5.41) is 0. The molecule has 1 aromatic rings. The van der Waals surface area contributed by atoms with Gasteiger partial charge in [-0.1, -0.05) is 20.3 Å². The van der Waals surface area contributed by atoms with Gasteiger partial charge < -0.3 is 4.42 Å². The number of furan rings is 1. The van der Waals surface area contributed by atoms with Crippen molar-refractivity contribution in [2.45, 2.75) is 44.4 Å². The van der Waals surface area contributed by atoms with E-state index in [-0.39, 0.29) is 10.8 Å². The Morgan fingerprint density at radius 3 is 2.50 bits per heavy atom. The summed E-state index contributed by atoms with van der Waals surface area (Å²) in [5.41, 5.74) is 0. The highest BCUT2D eigenvalue weighted by atomic mass is 35.5. The van der Waals surface area contributed by atoms with Gasteiger partial charge in [-0.3, -0.25) is 0 Å². The predicted octanol–water partition coefficient (Wildman–Crippen LogP) is 3.14. The van der Waals surface area contributed by atoms with Crippen molar-refractivity contribution in [2.75, 3.05) is 13.1 Å². The van der Waals surface area contributed by atoms with Gasteiger partial charge in [-0.25, -0.2) is 8.42 Å². The fraction of sp³-hybridized carbons (Fsp3) is 0.667. The summed E-state index contributed by atoms with van der Waals surface area (Å²) in [6.45, 7) is 6.52. The number of halogens is 1. The number of rotatable bonds is 7. The zero-order valence-corrected chi connectivity index (χ0v) is 12.6. The van der Waals surface area contributed by atoms with E-state index in [1.165, 1.54) is 10.4 Å². The maximum Gasteiger partial charge on any atom is 0.246 e. The molecule has 0 saturated carbocycles. The molecule has 0 fully saturated rings. The molecule has 0 N–H and O–H groups in total. The van der Waals surface area contributed by atoms with E-state index in [0.717, 1.165) is 12.8 Å². The van der Waals surface area contributed by atoms with E-state index >= 15 is 0 Å². The Morgan fingerprint density at radius 2 is 2.06 bits per heavy atom. The van der Waals surface area contributed by atoms with E-state index in [1.54, 1.807) is 6.92 Å². The van der Waals surface area contributed by atoms with Gasteiger partial charge in [-0.05, 0) is 13.3 Å². The minimum atomic E-state index is -3.46. The van der Waals surface area contributed by atoms with Crippen molar-refractivity contribution in [1.29, 1.82) is 0 Å². The van der Waals surface area contributed by atoms with Crippen molar-refractivity contribution < 1.29 is 12.8 Å². The lowest BCUT2D eigenvalue weighted by Crippen LogP contribution is -2.32. The highest BCUT2D eigenvalue weighted by Gasteiger charge is 2.27. The molecule has 0 saturated heterocycles. The van der Waals surface area contributed by atoms with Crippen molar-refractivity contribution in [3.63, 3.8) is 0 Å². The normalized spacial score (nSPS) is 12.3. The molecule has 0 aliphatic rings. The third-order valence-corrected chi connectivity index (χ3v) is 5.13. The Balaban J connectivity index is 3.06. The van der Waals surface area contributed by atoms with E-state index in [2.05, 4.69) is 0 Å². The first-order chi connectivity index (χ1) is 8.47. The number of hydrogen-bond acceptors (Lipinski definition) is 3. The molecule has 4 nitrogen and oxygen atoms in total. The summed E-state index contributed by atoms with van der Waals surface area (Å²) in [6, 6.07) is 1.52. The van der Waals surface area contributed by atoms with Crippen LogP contribution in [0.5, 0.6) is 0 Å². The molecule has 0 atom stereocenters. The van der Waals surface area contributed by atoms with Crippen LogP contribution in [0.25, 0.3) is 0 Å². The lowest BCUT2D eigenvalue weighted by Gasteiger charge is -2.19. The summed E-state index contributed by atoms with van der Waals surface area (Å²) in [5.74, 6) is 1.07. The molecule has 6 heteroatoms. The maximum absolute atomic E-state index is 12.4. The van der Waals surface area contributed by atoms with Crippen LogP contribution in [0.3, 0.4) is 0 Å². The van der Waals surface area contributed by atoms with Gasteiger partial charge in [0.25, 0.3) is 0 Å². The molecular formula is C12H20ClNO3S. The summed E-state index contributed by atoms with van der Waals surface area (Å²) in [4.78, 5) is 0.233. The van der Waals surface area contributed by atoms with Gasteiger partial charge >= 0.3 is 0 Å². The maximum atomic E-state index is 12.4. The first kappa shape index (κ1) is 15.5. The van der Waals surface area contributed by atoms with E-state index in [4.69, 9.17) is 16.0 Å². The molecule has 0 radical (unpaired) electrons. The quantitative estimate of drug-likeness (QED) is 0.726. The second kappa shape index (κ2) is 6.59. The molecular weight excluding hydrogens is 274 g/mol. The van der Waals surface area contributed by atoms with Crippen molar-refractivity contribution in [1.82, 2.24) is 4.31 Å². The van der Waals surface area contributed by atoms with Crippen LogP contribution in [-0.4, -0.2) is 25.8 Å². The number of aryl methyl sites for hydroxylation is 1. The van der Waals surface area contributed by atoms with Crippen LogP contribution < -0.4 is 0 Å². The summed E-state index contributed by atoms with van der Waals surface area (Å²) >= 11 is 5.66. The second-order valence-electron chi connectivity index (χ2n) is 4.12. The number of unbranched alkanes of at least 4 members (excludes halogenated alkanes) is 1. The first-order valence-electron chi connectivity index (χ1n) is 6.12. The Morgan fingerprint density at radius 1 is 1.39 bits per heavy atom. The summed E-state index contributed by atoms with van der Waals surface area (Å²) in [6.07, 6.45) is 1.82. The van der Waals surface area contributed by atoms with Gasteiger partial charge in [0.05, 0.1) is 5.88 Å². The molecule has 0 bridgehead atoms. The van der Waals surface area contributed by atoms with Crippen molar-refractivity contribution in [3.05, 3.63) is 17.6 Å². The van der Waals surface area contributed by atoms with Crippen LogP contribution in [0.4, 0.5) is 0 Å². The van der Waals surface area contributed by atoms with Crippen LogP contribution in [0.1, 0.15) is 38.2 Å². The molecule has 0 unspecified atom stereocenters. The van der Waals surface area contributed by atoms with Crippen LogP contribution in [-0.2, 0) is 15.9 Å². The SMILES string of the molecule is CCCCN(CC)S(=O)(=O)c1cc(CCl)oc1C. The lowest BCUT2D eigenvalue weighted by atomic mass is 10.3. The average molecular weight is 294 g/mol. The largest absolute Gasteiger partial charge is 0.464 e. The van der Waals surface area contributed by atoms with Gasteiger partial charge in [0.15, 0.2) is 0 Å². The molecule has 0 spiro atoms. The molecule has 0 aromatic carbocycles. The average Bonchev–Trinajstić information content (AvgIpc) is 2.72. The predicted molar refractivity (Wildman–Crippen MR) is 72.3 cm³/mol. The van der Waals surface area contributed by atoms with Crippen LogP contribution in [0, 0.1) is 6.92 Å². The molecule has 18 heavy (non-hydrogen) atoms. The van der Waals surface area contributed by atoms with Crippen molar-refractivity contribution >= 4 is 21.6 Å². The van der Waals surface area contributed by atoms with Crippen LogP contribution >= 0.6 is 11.6 Å². The van der Waals surface area contributed by atoms with Crippen LogP contribution in [0.15, 0.2) is 15.4 Å².